The van der Waals surface area contributed by atoms with Gasteiger partial charge < -0.3 is 10.2 Å². The van der Waals surface area contributed by atoms with E-state index in [9.17, 15) is 4.39 Å². The molecule has 0 fully saturated rings. The quantitative estimate of drug-likeness (QED) is 0.732. The molecule has 2 N–H and O–H groups in total. The molecule has 0 spiro atoms. The summed E-state index contributed by atoms with van der Waals surface area (Å²) in [6.45, 7) is 0. The normalized spacial score (nSPS) is 11.0. The number of aromatic nitrogens is 2. The van der Waals surface area contributed by atoms with E-state index in [2.05, 4.69) is 9.97 Å². The highest BCUT2D eigenvalue weighted by atomic mass is 35.5. The van der Waals surface area contributed by atoms with Crippen molar-refractivity contribution in [2.24, 2.45) is 0 Å². The van der Waals surface area contributed by atoms with Crippen LogP contribution < -0.4 is 5.73 Å². The Morgan fingerprint density at radius 2 is 2.11 bits per heavy atom. The number of pyridine rings is 1. The number of nitrogens with two attached hydrogens (primary N) is 1. The lowest BCUT2D eigenvalue weighted by Crippen LogP contribution is -1.87. The predicted octanol–water partition coefficient (Wildman–Crippen LogP) is 3.26. The van der Waals surface area contributed by atoms with Gasteiger partial charge in [0.25, 0.3) is 0 Å². The second-order valence-corrected chi connectivity index (χ2v) is 4.14. The van der Waals surface area contributed by atoms with Gasteiger partial charge in [-0.2, -0.15) is 0 Å². The van der Waals surface area contributed by atoms with Crippen molar-refractivity contribution < 1.29 is 8.81 Å². The summed E-state index contributed by atoms with van der Waals surface area (Å²) in [4.78, 5) is 8.22. The summed E-state index contributed by atoms with van der Waals surface area (Å²) in [7, 11) is 0. The second-order valence-electron chi connectivity index (χ2n) is 3.73. The van der Waals surface area contributed by atoms with Crippen molar-refractivity contribution in [1.82, 2.24) is 9.97 Å². The lowest BCUT2D eigenvalue weighted by Gasteiger charge is -1.94. The minimum absolute atomic E-state index is 0.180. The number of halogens is 2. The van der Waals surface area contributed by atoms with E-state index in [1.807, 2.05) is 0 Å². The zero-order valence-electron chi connectivity index (χ0n) is 9.02. The Labute approximate surface area is 106 Å². The van der Waals surface area contributed by atoms with Crippen LogP contribution >= 0.6 is 11.6 Å². The third-order valence-electron chi connectivity index (χ3n) is 2.41. The van der Waals surface area contributed by atoms with Crippen LogP contribution in [-0.2, 0) is 0 Å². The molecule has 0 amide bonds. The van der Waals surface area contributed by atoms with Crippen LogP contribution in [0.5, 0.6) is 0 Å². The smallest absolute Gasteiger partial charge is 0.246 e. The van der Waals surface area contributed by atoms with Crippen LogP contribution in [0.4, 0.5) is 10.1 Å². The Morgan fingerprint density at radius 1 is 1.28 bits per heavy atom. The van der Waals surface area contributed by atoms with Crippen molar-refractivity contribution in [2.45, 2.75) is 0 Å². The summed E-state index contributed by atoms with van der Waals surface area (Å²) in [5.74, 6) is -0.185. The van der Waals surface area contributed by atoms with Crippen LogP contribution in [-0.4, -0.2) is 9.97 Å². The molecule has 0 bridgehead atoms. The van der Waals surface area contributed by atoms with Crippen molar-refractivity contribution in [3.05, 3.63) is 41.3 Å². The maximum Gasteiger partial charge on any atom is 0.246 e. The van der Waals surface area contributed by atoms with E-state index < -0.39 is 5.82 Å². The molecule has 3 rings (SSSR count). The molecule has 6 heteroatoms. The van der Waals surface area contributed by atoms with Crippen LogP contribution in [0.1, 0.15) is 0 Å². The van der Waals surface area contributed by atoms with Gasteiger partial charge in [0.15, 0.2) is 5.58 Å². The molecule has 3 aromatic rings. The van der Waals surface area contributed by atoms with Crippen LogP contribution in [0.25, 0.3) is 22.7 Å². The topological polar surface area (TPSA) is 64.9 Å². The average Bonchev–Trinajstić information content (AvgIpc) is 2.74. The summed E-state index contributed by atoms with van der Waals surface area (Å²) >= 11 is 5.87. The molecule has 0 saturated heterocycles. The maximum absolute atomic E-state index is 13.2. The largest absolute Gasteiger partial charge is 0.433 e. The maximum atomic E-state index is 13.2. The van der Waals surface area contributed by atoms with Gasteiger partial charge in [-0.05, 0) is 18.2 Å². The highest BCUT2D eigenvalue weighted by Crippen LogP contribution is 2.29. The molecule has 0 aliphatic rings. The first kappa shape index (κ1) is 11.0. The van der Waals surface area contributed by atoms with E-state index in [1.54, 1.807) is 12.1 Å². The highest BCUT2D eigenvalue weighted by Gasteiger charge is 2.13. The van der Waals surface area contributed by atoms with Gasteiger partial charge in [-0.3, -0.25) is 0 Å². The molecule has 90 valence electrons. The minimum Gasteiger partial charge on any atom is -0.433 e. The third kappa shape index (κ3) is 1.78. The number of hydrogen-bond donors (Lipinski definition) is 1. The molecule has 0 aliphatic carbocycles. The fraction of sp³-hybridized carbons (Fsp3) is 0. The molecular weight excluding hydrogens is 257 g/mol. The molecule has 2 aromatic heterocycles. The lowest BCUT2D eigenvalue weighted by molar-refractivity contribution is 0.612. The minimum atomic E-state index is -0.461. The molecule has 1 aromatic carbocycles. The zero-order chi connectivity index (χ0) is 12.7. The molecule has 0 saturated carbocycles. The van der Waals surface area contributed by atoms with Crippen LogP contribution in [0.2, 0.25) is 5.02 Å². The Hall–Kier alpha value is -2.14. The fourth-order valence-corrected chi connectivity index (χ4v) is 1.84. The van der Waals surface area contributed by atoms with Gasteiger partial charge in [-0.15, -0.1) is 0 Å². The number of hydrogen-bond acceptors (Lipinski definition) is 4. The van der Waals surface area contributed by atoms with Crippen LogP contribution in [0, 0.1) is 5.82 Å². The second kappa shape index (κ2) is 3.96. The summed E-state index contributed by atoms with van der Waals surface area (Å²) in [6.07, 6.45) is 1.49. The molecule has 0 unspecified atom stereocenters. The Bertz CT molecular complexity index is 724. The lowest BCUT2D eigenvalue weighted by atomic mass is 10.3. The molecule has 2 heterocycles. The van der Waals surface area contributed by atoms with Crippen molar-refractivity contribution in [2.75, 3.05) is 5.73 Å². The summed E-state index contributed by atoms with van der Waals surface area (Å²) in [6, 6.07) is 5.78. The van der Waals surface area contributed by atoms with Crippen molar-refractivity contribution in [3.63, 3.8) is 0 Å². The molecule has 18 heavy (non-hydrogen) atoms. The number of fused-ring (bicyclic) bond motifs is 1. The SMILES string of the molecule is Nc1ccc(-c2nc3cc(F)cc(Cl)c3o2)nc1. The van der Waals surface area contributed by atoms with Crippen molar-refractivity contribution >= 4 is 28.4 Å². The van der Waals surface area contributed by atoms with E-state index in [4.69, 9.17) is 21.8 Å². The van der Waals surface area contributed by atoms with E-state index in [-0.39, 0.29) is 10.9 Å². The molecule has 4 nitrogen and oxygen atoms in total. The Balaban J connectivity index is 2.19. The molecular formula is C12H7ClFN3O. The van der Waals surface area contributed by atoms with Gasteiger partial charge in [-0.1, -0.05) is 11.6 Å². The number of oxazole rings is 1. The van der Waals surface area contributed by atoms with Gasteiger partial charge in [-0.25, -0.2) is 14.4 Å². The van der Waals surface area contributed by atoms with E-state index in [0.717, 1.165) is 0 Å². The Kier molecular flexibility index (Phi) is 2.41. The van der Waals surface area contributed by atoms with E-state index >= 15 is 0 Å². The van der Waals surface area contributed by atoms with Crippen molar-refractivity contribution in [3.8, 4) is 11.6 Å². The monoisotopic (exact) mass is 263 g/mol. The first-order valence-electron chi connectivity index (χ1n) is 5.11. The predicted molar refractivity (Wildman–Crippen MR) is 66.6 cm³/mol. The molecule has 0 aliphatic heterocycles. The summed E-state index contributed by atoms with van der Waals surface area (Å²) in [5, 5.41) is 0.180. The third-order valence-corrected chi connectivity index (χ3v) is 2.70. The molecule has 0 atom stereocenters. The standard InChI is InChI=1S/C12H7ClFN3O/c13-8-3-6(14)4-10-11(8)18-12(17-10)9-2-1-7(15)5-16-9/h1-5H,15H2. The zero-order valence-corrected chi connectivity index (χ0v) is 9.78. The van der Waals surface area contributed by atoms with Crippen molar-refractivity contribution in [1.29, 1.82) is 0 Å². The van der Waals surface area contributed by atoms with Gasteiger partial charge >= 0.3 is 0 Å². The fourth-order valence-electron chi connectivity index (χ4n) is 1.60. The summed E-state index contributed by atoms with van der Waals surface area (Å²) < 4.78 is 18.6. The Morgan fingerprint density at radius 3 is 2.83 bits per heavy atom. The van der Waals surface area contributed by atoms with Gasteiger partial charge in [0.05, 0.1) is 16.9 Å². The van der Waals surface area contributed by atoms with Gasteiger partial charge in [0, 0.05) is 6.07 Å². The molecule has 0 radical (unpaired) electrons. The first-order chi connectivity index (χ1) is 8.63. The van der Waals surface area contributed by atoms with Crippen LogP contribution in [0.3, 0.4) is 0 Å². The highest BCUT2D eigenvalue weighted by molar-refractivity contribution is 6.34. The number of nitrogen functional groups attached to an aromatic ring is 1. The first-order valence-corrected chi connectivity index (χ1v) is 5.49. The number of anilines is 1. The number of nitrogens with zero attached hydrogens (tertiary/aromatic N) is 2. The van der Waals surface area contributed by atoms with Gasteiger partial charge in [0.2, 0.25) is 5.89 Å². The van der Waals surface area contributed by atoms with E-state index in [0.29, 0.717) is 22.5 Å². The summed E-state index contributed by atoms with van der Waals surface area (Å²) in [5.41, 5.74) is 7.29. The van der Waals surface area contributed by atoms with Crippen LogP contribution in [0.15, 0.2) is 34.9 Å². The van der Waals surface area contributed by atoms with Gasteiger partial charge in [0.1, 0.15) is 17.0 Å². The average molecular weight is 264 g/mol. The number of rotatable bonds is 1. The van der Waals surface area contributed by atoms with E-state index in [1.165, 1.54) is 18.3 Å². The number of benzene rings is 1.